The molecule has 132 valence electrons. The van der Waals surface area contributed by atoms with Gasteiger partial charge in [-0.1, -0.05) is 39.0 Å². The van der Waals surface area contributed by atoms with Crippen LogP contribution in [0.1, 0.15) is 56.1 Å². The topological polar surface area (TPSA) is 37.6 Å². The number of allylic oxidation sites excluding steroid dienone is 3. The van der Waals surface area contributed by atoms with E-state index in [0.717, 1.165) is 54.9 Å². The van der Waals surface area contributed by atoms with E-state index in [1.54, 1.807) is 0 Å². The summed E-state index contributed by atoms with van der Waals surface area (Å²) in [5, 5.41) is 4.77. The number of carbonyl (C=O) groups excluding carboxylic acids is 1. The molecule has 0 saturated carbocycles. The first-order valence-electron chi connectivity index (χ1n) is 9.35. The fraction of sp³-hybridized carbons (Fsp3) is 0.429. The zero-order chi connectivity index (χ0) is 17.8. The Morgan fingerprint density at radius 1 is 1.20 bits per heavy atom. The molecule has 1 aliphatic rings. The van der Waals surface area contributed by atoms with Crippen molar-refractivity contribution in [3.05, 3.63) is 53.3 Å². The molecule has 0 unspecified atom stereocenters. The zero-order valence-corrected chi connectivity index (χ0v) is 15.5. The molecule has 0 bridgehead atoms. The van der Waals surface area contributed by atoms with Gasteiger partial charge in [-0.2, -0.15) is 5.10 Å². The summed E-state index contributed by atoms with van der Waals surface area (Å²) < 4.78 is 1.97. The molecular formula is C21H27N3O. The molecule has 0 atom stereocenters. The summed E-state index contributed by atoms with van der Waals surface area (Å²) in [6, 6.07) is 6.10. The third kappa shape index (κ3) is 3.53. The zero-order valence-electron chi connectivity index (χ0n) is 15.5. The van der Waals surface area contributed by atoms with Gasteiger partial charge >= 0.3 is 0 Å². The average Bonchev–Trinajstić information content (AvgIpc) is 3.02. The highest BCUT2D eigenvalue weighted by atomic mass is 16.1. The van der Waals surface area contributed by atoms with E-state index in [-0.39, 0.29) is 5.78 Å². The monoisotopic (exact) mass is 337 g/mol. The number of nitrogens with zero attached hydrogens (tertiary/aromatic N) is 3. The number of hydrogen-bond donors (Lipinski definition) is 0. The van der Waals surface area contributed by atoms with Crippen LogP contribution in [0, 0.1) is 0 Å². The molecule has 0 radical (unpaired) electrons. The van der Waals surface area contributed by atoms with Gasteiger partial charge in [-0.05, 0) is 43.0 Å². The maximum atomic E-state index is 12.3. The number of hydrogen-bond acceptors (Lipinski definition) is 3. The predicted molar refractivity (Wildman–Crippen MR) is 104 cm³/mol. The van der Waals surface area contributed by atoms with Gasteiger partial charge in [0.05, 0.1) is 11.2 Å². The highest BCUT2D eigenvalue weighted by molar-refractivity contribution is 6.02. The van der Waals surface area contributed by atoms with E-state index in [1.165, 1.54) is 5.57 Å². The molecule has 1 aliphatic carbocycles. The van der Waals surface area contributed by atoms with E-state index < -0.39 is 0 Å². The second kappa shape index (κ2) is 7.68. The SMILES string of the molecule is CCCN(CCC1=CC=C1)c1ccc(C(=O)CC)c2cc(CC)nn12. The van der Waals surface area contributed by atoms with Gasteiger partial charge in [-0.3, -0.25) is 4.79 Å². The van der Waals surface area contributed by atoms with Crippen molar-refractivity contribution in [3.8, 4) is 0 Å². The van der Waals surface area contributed by atoms with E-state index in [0.29, 0.717) is 6.42 Å². The van der Waals surface area contributed by atoms with Crippen LogP contribution in [-0.4, -0.2) is 28.5 Å². The highest BCUT2D eigenvalue weighted by Gasteiger charge is 2.17. The number of rotatable bonds is 9. The van der Waals surface area contributed by atoms with Crippen molar-refractivity contribution in [3.63, 3.8) is 0 Å². The molecule has 0 fully saturated rings. The standard InChI is InChI=1S/C21H27N3O/c1-4-13-23(14-12-16-8-7-9-16)21-11-10-18(20(25)6-3)19-15-17(5-2)22-24(19)21/h7-11,15H,4-6,12-14H2,1-3H3. The minimum atomic E-state index is 0.172. The van der Waals surface area contributed by atoms with E-state index in [9.17, 15) is 4.79 Å². The van der Waals surface area contributed by atoms with Gasteiger partial charge in [-0.15, -0.1) is 0 Å². The molecule has 2 aromatic heterocycles. The van der Waals surface area contributed by atoms with Gasteiger partial charge in [0.25, 0.3) is 0 Å². The van der Waals surface area contributed by atoms with Crippen molar-refractivity contribution < 1.29 is 4.79 Å². The third-order valence-electron chi connectivity index (χ3n) is 4.74. The van der Waals surface area contributed by atoms with Crippen molar-refractivity contribution in [1.29, 1.82) is 0 Å². The van der Waals surface area contributed by atoms with Crippen LogP contribution in [0.5, 0.6) is 0 Å². The number of Topliss-reactive ketones (excluding diaryl/α,β-unsaturated/α-hetero) is 1. The lowest BCUT2D eigenvalue weighted by molar-refractivity contribution is 0.0989. The number of ketones is 1. The Balaban J connectivity index is 2.00. The molecule has 3 rings (SSSR count). The Kier molecular flexibility index (Phi) is 5.37. The molecule has 0 N–H and O–H groups in total. The summed E-state index contributed by atoms with van der Waals surface area (Å²) in [6.07, 6.45) is 9.93. The average molecular weight is 337 g/mol. The van der Waals surface area contributed by atoms with Crippen LogP contribution in [0.3, 0.4) is 0 Å². The van der Waals surface area contributed by atoms with Crippen LogP contribution < -0.4 is 4.90 Å². The van der Waals surface area contributed by atoms with Gasteiger partial charge in [0.2, 0.25) is 0 Å². The van der Waals surface area contributed by atoms with Crippen molar-refractivity contribution in [2.75, 3.05) is 18.0 Å². The predicted octanol–water partition coefficient (Wildman–Crippen LogP) is 4.59. The molecule has 0 aliphatic heterocycles. The molecule has 2 heterocycles. The molecule has 25 heavy (non-hydrogen) atoms. The molecule has 2 aromatic rings. The van der Waals surface area contributed by atoms with Gasteiger partial charge in [0.1, 0.15) is 5.82 Å². The second-order valence-corrected chi connectivity index (χ2v) is 6.51. The smallest absolute Gasteiger partial charge is 0.164 e. The van der Waals surface area contributed by atoms with Crippen molar-refractivity contribution >= 4 is 17.1 Å². The lowest BCUT2D eigenvalue weighted by Crippen LogP contribution is -2.28. The molecular weight excluding hydrogens is 310 g/mol. The Bertz CT molecular complexity index is 829. The van der Waals surface area contributed by atoms with Crippen molar-refractivity contribution in [2.24, 2.45) is 0 Å². The molecule has 0 spiro atoms. The van der Waals surface area contributed by atoms with Crippen LogP contribution in [0.2, 0.25) is 0 Å². The van der Waals surface area contributed by atoms with E-state index in [2.05, 4.69) is 49.1 Å². The summed E-state index contributed by atoms with van der Waals surface area (Å²) in [7, 11) is 0. The lowest BCUT2D eigenvalue weighted by atomic mass is 10.0. The van der Waals surface area contributed by atoms with Crippen molar-refractivity contribution in [2.45, 2.75) is 46.5 Å². The summed E-state index contributed by atoms with van der Waals surface area (Å²) in [6.45, 7) is 8.15. The lowest BCUT2D eigenvalue weighted by Gasteiger charge is -2.26. The Morgan fingerprint density at radius 3 is 2.60 bits per heavy atom. The van der Waals surface area contributed by atoms with Gasteiger partial charge < -0.3 is 4.90 Å². The van der Waals surface area contributed by atoms with Crippen molar-refractivity contribution in [1.82, 2.24) is 9.61 Å². The number of anilines is 1. The molecule has 0 saturated heterocycles. The van der Waals surface area contributed by atoms with Crippen LogP contribution in [0.25, 0.3) is 5.52 Å². The Labute approximate surface area is 149 Å². The summed E-state index contributed by atoms with van der Waals surface area (Å²) in [4.78, 5) is 14.7. The maximum absolute atomic E-state index is 12.3. The molecule has 4 nitrogen and oxygen atoms in total. The minimum Gasteiger partial charge on any atom is -0.356 e. The third-order valence-corrected chi connectivity index (χ3v) is 4.74. The van der Waals surface area contributed by atoms with Crippen LogP contribution in [-0.2, 0) is 6.42 Å². The fourth-order valence-corrected chi connectivity index (χ4v) is 3.22. The Hall–Kier alpha value is -2.36. The maximum Gasteiger partial charge on any atom is 0.164 e. The summed E-state index contributed by atoms with van der Waals surface area (Å²) >= 11 is 0. The number of fused-ring (bicyclic) bond motifs is 1. The Morgan fingerprint density at radius 2 is 2.00 bits per heavy atom. The van der Waals surface area contributed by atoms with E-state index in [4.69, 9.17) is 5.10 Å². The normalized spacial score (nSPS) is 13.0. The first kappa shape index (κ1) is 17.5. The number of aryl methyl sites for hydroxylation is 1. The molecule has 4 heteroatoms. The first-order chi connectivity index (χ1) is 12.2. The second-order valence-electron chi connectivity index (χ2n) is 6.51. The molecule has 0 amide bonds. The van der Waals surface area contributed by atoms with Gasteiger partial charge in [-0.25, -0.2) is 4.52 Å². The number of carbonyl (C=O) groups is 1. The first-order valence-corrected chi connectivity index (χ1v) is 9.35. The molecule has 0 aromatic carbocycles. The van der Waals surface area contributed by atoms with Crippen LogP contribution in [0.15, 0.2) is 42.0 Å². The van der Waals surface area contributed by atoms with E-state index in [1.807, 2.05) is 17.5 Å². The number of pyridine rings is 1. The summed E-state index contributed by atoms with van der Waals surface area (Å²) in [5.74, 6) is 1.25. The van der Waals surface area contributed by atoms with E-state index >= 15 is 0 Å². The minimum absolute atomic E-state index is 0.172. The highest BCUT2D eigenvalue weighted by Crippen LogP contribution is 2.24. The fourth-order valence-electron chi connectivity index (χ4n) is 3.22. The number of aromatic nitrogens is 2. The largest absolute Gasteiger partial charge is 0.356 e. The van der Waals surface area contributed by atoms with Crippen LogP contribution in [0.4, 0.5) is 5.82 Å². The van der Waals surface area contributed by atoms with Crippen LogP contribution >= 0.6 is 0 Å². The summed E-state index contributed by atoms with van der Waals surface area (Å²) in [5.41, 5.74) is 4.13. The van der Waals surface area contributed by atoms with Gasteiger partial charge in [0.15, 0.2) is 5.78 Å². The van der Waals surface area contributed by atoms with Gasteiger partial charge in [0, 0.05) is 25.1 Å². The quantitative estimate of drug-likeness (QED) is 0.628.